The van der Waals surface area contributed by atoms with Crippen LogP contribution in [0.3, 0.4) is 0 Å². The van der Waals surface area contributed by atoms with Gasteiger partial charge in [0.15, 0.2) is 5.78 Å². The van der Waals surface area contributed by atoms with Crippen molar-refractivity contribution in [2.24, 2.45) is 0 Å². The molecular weight excluding hydrogens is 372 g/mol. The molecule has 3 heterocycles. The highest BCUT2D eigenvalue weighted by Crippen LogP contribution is 2.37. The van der Waals surface area contributed by atoms with Crippen molar-refractivity contribution in [2.45, 2.75) is 32.1 Å². The second kappa shape index (κ2) is 7.50. The molecule has 1 fully saturated rings. The summed E-state index contributed by atoms with van der Waals surface area (Å²) in [5.74, 6) is -0.555. The Labute approximate surface area is 167 Å². The molecule has 29 heavy (non-hydrogen) atoms. The molecule has 4 N–H and O–H groups in total. The highest BCUT2D eigenvalue weighted by Gasteiger charge is 2.35. The summed E-state index contributed by atoms with van der Waals surface area (Å²) in [6.07, 6.45) is 2.07. The highest BCUT2D eigenvalue weighted by molar-refractivity contribution is 6.05. The zero-order chi connectivity index (χ0) is 20.5. The maximum absolute atomic E-state index is 12.9. The van der Waals surface area contributed by atoms with Crippen LogP contribution >= 0.6 is 0 Å². The molecule has 4 rings (SSSR count). The first-order chi connectivity index (χ1) is 13.9. The fourth-order valence-electron chi connectivity index (χ4n) is 3.68. The van der Waals surface area contributed by atoms with Crippen molar-refractivity contribution in [3.05, 3.63) is 35.4 Å². The quantitative estimate of drug-likeness (QED) is 0.675. The Morgan fingerprint density at radius 3 is 2.52 bits per heavy atom. The minimum Gasteiger partial charge on any atom is -0.383 e. The first kappa shape index (κ1) is 18.9. The van der Waals surface area contributed by atoms with Crippen LogP contribution in [0.1, 0.15) is 48.0 Å². The van der Waals surface area contributed by atoms with Crippen molar-refractivity contribution in [3.8, 4) is 0 Å². The van der Waals surface area contributed by atoms with Gasteiger partial charge in [0.1, 0.15) is 11.6 Å². The number of carbonyl (C=O) groups excluding carboxylic acids is 3. The Morgan fingerprint density at radius 2 is 1.86 bits per heavy atom. The van der Waals surface area contributed by atoms with Gasteiger partial charge in [-0.2, -0.15) is 9.97 Å². The number of carbonyl (C=O) groups is 3. The van der Waals surface area contributed by atoms with Crippen LogP contribution in [0, 0.1) is 0 Å². The largest absolute Gasteiger partial charge is 0.383 e. The van der Waals surface area contributed by atoms with Crippen LogP contribution in [-0.2, 0) is 9.59 Å². The molecule has 1 aromatic heterocycles. The highest BCUT2D eigenvalue weighted by atomic mass is 16.2. The molecule has 0 saturated carbocycles. The van der Waals surface area contributed by atoms with Gasteiger partial charge in [-0.25, -0.2) is 0 Å². The third-order valence-electron chi connectivity index (χ3n) is 5.22. The van der Waals surface area contributed by atoms with Gasteiger partial charge < -0.3 is 21.3 Å². The van der Waals surface area contributed by atoms with Crippen LogP contribution in [0.5, 0.6) is 0 Å². The topological polar surface area (TPSA) is 130 Å². The first-order valence-electron chi connectivity index (χ1n) is 9.56. The van der Waals surface area contributed by atoms with E-state index in [1.54, 1.807) is 24.3 Å². The number of anilines is 4. The van der Waals surface area contributed by atoms with E-state index in [4.69, 9.17) is 5.73 Å². The normalized spacial score (nSPS) is 18.2. The molecule has 0 unspecified atom stereocenters. The number of benzene rings is 1. The maximum atomic E-state index is 12.9. The van der Waals surface area contributed by atoms with Crippen LogP contribution in [-0.4, -0.2) is 40.7 Å². The summed E-state index contributed by atoms with van der Waals surface area (Å²) >= 11 is 0. The molecule has 9 nitrogen and oxygen atoms in total. The Bertz CT molecular complexity index is 982. The standard InChI is InChI=1S/C20H22N6O3/c1-11(27)12-4-6-13(7-5-12)22-19(29)14-10-15(28)23-18-16(14)17(21)24-20(25-18)26-8-2-3-9-26/h4-7,14H,2-3,8-10H2,1H3,(H,22,29)(H3,21,23,24,25,28)/t14-/m1/s1. The Morgan fingerprint density at radius 1 is 1.17 bits per heavy atom. The molecule has 1 aromatic carbocycles. The van der Waals surface area contributed by atoms with Crippen molar-refractivity contribution in [1.82, 2.24) is 9.97 Å². The molecule has 2 aliphatic heterocycles. The molecule has 0 aliphatic carbocycles. The van der Waals surface area contributed by atoms with Gasteiger partial charge in [-0.1, -0.05) is 0 Å². The average Bonchev–Trinajstić information content (AvgIpc) is 3.22. The van der Waals surface area contributed by atoms with E-state index in [1.165, 1.54) is 6.92 Å². The number of rotatable bonds is 4. The molecule has 0 bridgehead atoms. The zero-order valence-corrected chi connectivity index (χ0v) is 16.1. The lowest BCUT2D eigenvalue weighted by molar-refractivity contribution is -0.123. The molecule has 9 heteroatoms. The number of aromatic nitrogens is 2. The Hall–Kier alpha value is -3.49. The minimum atomic E-state index is -0.793. The SMILES string of the molecule is CC(=O)c1ccc(NC(=O)[C@@H]2CC(=O)Nc3nc(N4CCCC4)nc(N)c32)cc1. The lowest BCUT2D eigenvalue weighted by atomic mass is 9.92. The molecular formula is C20H22N6O3. The number of hydrogen-bond donors (Lipinski definition) is 3. The van der Waals surface area contributed by atoms with Gasteiger partial charge in [-0.15, -0.1) is 0 Å². The van der Waals surface area contributed by atoms with Crippen LogP contribution in [0.25, 0.3) is 0 Å². The predicted molar refractivity (Wildman–Crippen MR) is 109 cm³/mol. The second-order valence-electron chi connectivity index (χ2n) is 7.29. The fraction of sp³-hybridized carbons (Fsp3) is 0.350. The van der Waals surface area contributed by atoms with E-state index in [2.05, 4.69) is 20.6 Å². The Kier molecular flexibility index (Phi) is 4.87. The van der Waals surface area contributed by atoms with Gasteiger partial charge >= 0.3 is 0 Å². The molecule has 2 amide bonds. The van der Waals surface area contributed by atoms with Crippen LogP contribution in [0.15, 0.2) is 24.3 Å². The molecule has 1 saturated heterocycles. The molecule has 1 atom stereocenters. The number of fused-ring (bicyclic) bond motifs is 1. The lowest BCUT2D eigenvalue weighted by Gasteiger charge is -2.26. The van der Waals surface area contributed by atoms with Crippen molar-refractivity contribution >= 4 is 40.9 Å². The van der Waals surface area contributed by atoms with Gasteiger partial charge in [0, 0.05) is 30.8 Å². The third-order valence-corrected chi connectivity index (χ3v) is 5.22. The summed E-state index contributed by atoms with van der Waals surface area (Å²) in [6.45, 7) is 3.16. The monoisotopic (exact) mass is 394 g/mol. The zero-order valence-electron chi connectivity index (χ0n) is 16.1. The first-order valence-corrected chi connectivity index (χ1v) is 9.56. The summed E-state index contributed by atoms with van der Waals surface area (Å²) in [7, 11) is 0. The average molecular weight is 394 g/mol. The van der Waals surface area contributed by atoms with Crippen molar-refractivity contribution < 1.29 is 14.4 Å². The molecule has 150 valence electrons. The summed E-state index contributed by atoms with van der Waals surface area (Å²) < 4.78 is 0. The predicted octanol–water partition coefficient (Wildman–Crippen LogP) is 1.93. The number of ketones is 1. The number of amides is 2. The summed E-state index contributed by atoms with van der Waals surface area (Å²) in [5, 5.41) is 5.50. The van der Waals surface area contributed by atoms with Crippen LogP contribution < -0.4 is 21.3 Å². The number of nitrogens with one attached hydrogen (secondary N) is 2. The van der Waals surface area contributed by atoms with Crippen molar-refractivity contribution in [3.63, 3.8) is 0 Å². The second-order valence-corrected chi connectivity index (χ2v) is 7.29. The van der Waals surface area contributed by atoms with Gasteiger partial charge in [0.2, 0.25) is 17.8 Å². The number of nitrogens with two attached hydrogens (primary N) is 1. The number of hydrogen-bond acceptors (Lipinski definition) is 7. The molecule has 2 aromatic rings. The van der Waals surface area contributed by atoms with E-state index in [1.807, 2.05) is 4.90 Å². The minimum absolute atomic E-state index is 0.0407. The number of nitrogens with zero attached hydrogens (tertiary/aromatic N) is 3. The molecule has 2 aliphatic rings. The smallest absolute Gasteiger partial charge is 0.232 e. The van der Waals surface area contributed by atoms with Crippen LogP contribution in [0.2, 0.25) is 0 Å². The summed E-state index contributed by atoms with van der Waals surface area (Å²) in [5.41, 5.74) is 7.70. The van der Waals surface area contributed by atoms with E-state index in [9.17, 15) is 14.4 Å². The molecule has 0 spiro atoms. The van der Waals surface area contributed by atoms with Crippen molar-refractivity contribution in [1.29, 1.82) is 0 Å². The number of nitrogen functional groups attached to an aromatic ring is 1. The van der Waals surface area contributed by atoms with E-state index in [0.717, 1.165) is 25.9 Å². The van der Waals surface area contributed by atoms with Crippen molar-refractivity contribution in [2.75, 3.05) is 34.4 Å². The van der Waals surface area contributed by atoms with E-state index < -0.39 is 5.92 Å². The summed E-state index contributed by atoms with van der Waals surface area (Å²) in [6, 6.07) is 6.57. The number of Topliss-reactive ketones (excluding diaryl/α,β-unsaturated/α-hetero) is 1. The van der Waals surface area contributed by atoms with Gasteiger partial charge in [0.05, 0.1) is 11.5 Å². The third kappa shape index (κ3) is 3.75. The Balaban J connectivity index is 1.60. The maximum Gasteiger partial charge on any atom is 0.232 e. The van der Waals surface area contributed by atoms with E-state index in [0.29, 0.717) is 28.6 Å². The lowest BCUT2D eigenvalue weighted by Crippen LogP contribution is -2.33. The van der Waals surface area contributed by atoms with Gasteiger partial charge in [0.25, 0.3) is 0 Å². The van der Waals surface area contributed by atoms with Gasteiger partial charge in [-0.3, -0.25) is 14.4 Å². The van der Waals surface area contributed by atoms with E-state index in [-0.39, 0.29) is 29.8 Å². The molecule has 0 radical (unpaired) electrons. The fourth-order valence-corrected chi connectivity index (χ4v) is 3.68. The summed E-state index contributed by atoms with van der Waals surface area (Å²) in [4.78, 5) is 47.4. The van der Waals surface area contributed by atoms with Crippen LogP contribution in [0.4, 0.5) is 23.3 Å². The van der Waals surface area contributed by atoms with Gasteiger partial charge in [-0.05, 0) is 44.0 Å². The van der Waals surface area contributed by atoms with E-state index >= 15 is 0 Å².